The van der Waals surface area contributed by atoms with Crippen LogP contribution >= 0.6 is 0 Å². The van der Waals surface area contributed by atoms with Crippen molar-refractivity contribution in [3.8, 4) is 0 Å². The fraction of sp³-hybridized carbons (Fsp3) is 0.471. The number of nitrogens with one attached hydrogen (secondary N) is 2. The van der Waals surface area contributed by atoms with E-state index in [2.05, 4.69) is 10.6 Å². The van der Waals surface area contributed by atoms with Gasteiger partial charge in [0.05, 0.1) is 0 Å². The summed E-state index contributed by atoms with van der Waals surface area (Å²) in [5.41, 5.74) is 0.202. The molecule has 1 aromatic rings. The van der Waals surface area contributed by atoms with Crippen LogP contribution in [0.25, 0.3) is 0 Å². The van der Waals surface area contributed by atoms with Gasteiger partial charge in [0.1, 0.15) is 5.82 Å². The summed E-state index contributed by atoms with van der Waals surface area (Å²) in [4.78, 5) is 37.4. The quantitative estimate of drug-likeness (QED) is 0.822. The van der Waals surface area contributed by atoms with Gasteiger partial charge in [-0.15, -0.1) is 0 Å². The zero-order valence-electron chi connectivity index (χ0n) is 13.7. The third-order valence-electron chi connectivity index (χ3n) is 4.04. The average molecular weight is 335 g/mol. The number of likely N-dealkylation sites (tertiary alicyclic amines) is 1. The summed E-state index contributed by atoms with van der Waals surface area (Å²) < 4.78 is 13.0. The van der Waals surface area contributed by atoms with Gasteiger partial charge in [0, 0.05) is 31.2 Å². The molecule has 3 amide bonds. The highest BCUT2D eigenvalue weighted by Gasteiger charge is 2.23. The Morgan fingerprint density at radius 1 is 1.25 bits per heavy atom. The molecule has 2 rings (SSSR count). The standard InChI is InChI=1S/C17H22FN3O3/c1-12-5-2-3-10-21(12)15(22)8-9-19-16(23)17(24)20-14-7-4-6-13(18)11-14/h4,6-7,11-12H,2-3,5,8-10H2,1H3,(H,19,23)(H,20,24). The normalized spacial score (nSPS) is 17.2. The van der Waals surface area contributed by atoms with Crippen LogP contribution in [-0.2, 0) is 14.4 Å². The molecular weight excluding hydrogens is 313 g/mol. The van der Waals surface area contributed by atoms with Crippen LogP contribution in [0.5, 0.6) is 0 Å². The first-order valence-corrected chi connectivity index (χ1v) is 8.11. The summed E-state index contributed by atoms with van der Waals surface area (Å²) in [6.45, 7) is 2.85. The van der Waals surface area contributed by atoms with E-state index < -0.39 is 17.6 Å². The van der Waals surface area contributed by atoms with Gasteiger partial charge in [-0.1, -0.05) is 6.07 Å². The van der Waals surface area contributed by atoms with Gasteiger partial charge >= 0.3 is 11.8 Å². The van der Waals surface area contributed by atoms with Gasteiger partial charge in [-0.3, -0.25) is 14.4 Å². The number of halogens is 1. The molecule has 1 aromatic carbocycles. The molecule has 0 aromatic heterocycles. The molecule has 130 valence electrons. The van der Waals surface area contributed by atoms with E-state index in [0.717, 1.165) is 31.9 Å². The molecule has 1 aliphatic heterocycles. The van der Waals surface area contributed by atoms with Crippen molar-refractivity contribution in [2.24, 2.45) is 0 Å². The number of hydrogen-bond donors (Lipinski definition) is 2. The van der Waals surface area contributed by atoms with Crippen molar-refractivity contribution in [2.45, 2.75) is 38.6 Å². The third-order valence-corrected chi connectivity index (χ3v) is 4.04. The number of anilines is 1. The van der Waals surface area contributed by atoms with Gasteiger partial charge in [0.2, 0.25) is 5.91 Å². The first-order chi connectivity index (χ1) is 11.5. The lowest BCUT2D eigenvalue weighted by atomic mass is 10.0. The molecule has 1 atom stereocenters. The predicted octanol–water partition coefficient (Wildman–Crippen LogP) is 1.67. The number of amides is 3. The Labute approximate surface area is 140 Å². The summed E-state index contributed by atoms with van der Waals surface area (Å²) in [5.74, 6) is -2.26. The van der Waals surface area contributed by atoms with Gasteiger partial charge < -0.3 is 15.5 Å². The Hall–Kier alpha value is -2.44. The van der Waals surface area contributed by atoms with Gasteiger partial charge in [-0.25, -0.2) is 4.39 Å². The third kappa shape index (κ3) is 5.04. The number of nitrogens with zero attached hydrogens (tertiary/aromatic N) is 1. The van der Waals surface area contributed by atoms with E-state index >= 15 is 0 Å². The number of carbonyl (C=O) groups is 3. The maximum Gasteiger partial charge on any atom is 0.313 e. The van der Waals surface area contributed by atoms with Crippen LogP contribution in [0.2, 0.25) is 0 Å². The van der Waals surface area contributed by atoms with Crippen molar-refractivity contribution < 1.29 is 18.8 Å². The van der Waals surface area contributed by atoms with Crippen LogP contribution < -0.4 is 10.6 Å². The van der Waals surface area contributed by atoms with Crippen molar-refractivity contribution in [3.63, 3.8) is 0 Å². The molecule has 0 aliphatic carbocycles. The number of piperidine rings is 1. The molecule has 1 saturated heterocycles. The Kier molecular flexibility index (Phi) is 6.28. The first kappa shape index (κ1) is 17.9. The monoisotopic (exact) mass is 335 g/mol. The van der Waals surface area contributed by atoms with Crippen LogP contribution in [0.4, 0.5) is 10.1 Å². The lowest BCUT2D eigenvalue weighted by Crippen LogP contribution is -2.44. The number of rotatable bonds is 4. The van der Waals surface area contributed by atoms with E-state index in [1.54, 1.807) is 0 Å². The molecule has 1 fully saturated rings. The molecule has 2 N–H and O–H groups in total. The van der Waals surface area contributed by atoms with Crippen molar-refractivity contribution in [1.29, 1.82) is 0 Å². The number of hydrogen-bond acceptors (Lipinski definition) is 3. The van der Waals surface area contributed by atoms with Crippen molar-refractivity contribution >= 4 is 23.4 Å². The maximum absolute atomic E-state index is 13.0. The summed E-state index contributed by atoms with van der Waals surface area (Å²) in [6.07, 6.45) is 3.28. The average Bonchev–Trinajstić information content (AvgIpc) is 2.55. The topological polar surface area (TPSA) is 78.5 Å². The van der Waals surface area contributed by atoms with E-state index in [4.69, 9.17) is 0 Å². The van der Waals surface area contributed by atoms with E-state index in [1.807, 2.05) is 11.8 Å². The Morgan fingerprint density at radius 2 is 2.04 bits per heavy atom. The number of carbonyl (C=O) groups excluding carboxylic acids is 3. The lowest BCUT2D eigenvalue weighted by Gasteiger charge is -2.33. The molecule has 1 aliphatic rings. The van der Waals surface area contributed by atoms with E-state index in [0.29, 0.717) is 0 Å². The highest BCUT2D eigenvalue weighted by Crippen LogP contribution is 2.17. The zero-order valence-corrected chi connectivity index (χ0v) is 13.7. The minimum absolute atomic E-state index is 0.0203. The highest BCUT2D eigenvalue weighted by atomic mass is 19.1. The molecule has 7 heteroatoms. The summed E-state index contributed by atoms with van der Waals surface area (Å²) in [7, 11) is 0. The second-order valence-corrected chi connectivity index (χ2v) is 5.90. The smallest absolute Gasteiger partial charge is 0.313 e. The van der Waals surface area contributed by atoms with Crippen LogP contribution in [0.15, 0.2) is 24.3 Å². The van der Waals surface area contributed by atoms with E-state index in [9.17, 15) is 18.8 Å². The molecular formula is C17H22FN3O3. The molecule has 6 nitrogen and oxygen atoms in total. The minimum Gasteiger partial charge on any atom is -0.347 e. The molecule has 0 radical (unpaired) electrons. The SMILES string of the molecule is CC1CCCCN1C(=O)CCNC(=O)C(=O)Nc1cccc(F)c1. The number of benzene rings is 1. The summed E-state index contributed by atoms with van der Waals surface area (Å²) in [5, 5.41) is 4.71. The fourth-order valence-corrected chi connectivity index (χ4v) is 2.73. The van der Waals surface area contributed by atoms with Crippen molar-refractivity contribution in [1.82, 2.24) is 10.2 Å². The van der Waals surface area contributed by atoms with E-state index in [-0.39, 0.29) is 30.6 Å². The summed E-state index contributed by atoms with van der Waals surface area (Å²) in [6, 6.07) is 5.49. The second kappa shape index (κ2) is 8.42. The molecule has 24 heavy (non-hydrogen) atoms. The van der Waals surface area contributed by atoms with Gasteiger partial charge in [0.25, 0.3) is 0 Å². The minimum atomic E-state index is -0.889. The Morgan fingerprint density at radius 3 is 2.75 bits per heavy atom. The second-order valence-electron chi connectivity index (χ2n) is 5.90. The van der Waals surface area contributed by atoms with Crippen molar-refractivity contribution in [2.75, 3.05) is 18.4 Å². The van der Waals surface area contributed by atoms with Crippen LogP contribution in [0.3, 0.4) is 0 Å². The van der Waals surface area contributed by atoms with Crippen LogP contribution in [0.1, 0.15) is 32.6 Å². The van der Waals surface area contributed by atoms with E-state index in [1.165, 1.54) is 18.2 Å². The summed E-state index contributed by atoms with van der Waals surface area (Å²) >= 11 is 0. The van der Waals surface area contributed by atoms with Gasteiger partial charge in [-0.05, 0) is 44.4 Å². The maximum atomic E-state index is 13.0. The molecule has 0 spiro atoms. The highest BCUT2D eigenvalue weighted by molar-refractivity contribution is 6.39. The zero-order chi connectivity index (χ0) is 17.5. The van der Waals surface area contributed by atoms with Gasteiger partial charge in [0.15, 0.2) is 0 Å². The Balaban J connectivity index is 1.74. The van der Waals surface area contributed by atoms with Crippen molar-refractivity contribution in [3.05, 3.63) is 30.1 Å². The Bertz CT molecular complexity index is 621. The molecule has 0 saturated carbocycles. The predicted molar refractivity (Wildman–Crippen MR) is 87.7 cm³/mol. The molecule has 1 heterocycles. The molecule has 1 unspecified atom stereocenters. The van der Waals surface area contributed by atoms with Crippen LogP contribution in [-0.4, -0.2) is 41.8 Å². The van der Waals surface area contributed by atoms with Gasteiger partial charge in [-0.2, -0.15) is 0 Å². The lowest BCUT2D eigenvalue weighted by molar-refractivity contribution is -0.137. The van der Waals surface area contributed by atoms with Crippen LogP contribution in [0, 0.1) is 5.82 Å². The first-order valence-electron chi connectivity index (χ1n) is 8.11. The largest absolute Gasteiger partial charge is 0.347 e. The molecule has 0 bridgehead atoms. The fourth-order valence-electron chi connectivity index (χ4n) is 2.73.